The molecule has 0 spiro atoms. The predicted octanol–water partition coefficient (Wildman–Crippen LogP) is 3.45. The van der Waals surface area contributed by atoms with Crippen molar-refractivity contribution >= 4 is 5.97 Å². The topological polar surface area (TPSA) is 175 Å². The van der Waals surface area contributed by atoms with E-state index in [0.29, 0.717) is 38.7 Å². The zero-order chi connectivity index (χ0) is 37.3. The highest BCUT2D eigenvalue weighted by Crippen LogP contribution is 2.76. The third-order valence-electron chi connectivity index (χ3n) is 16.6. The van der Waals surface area contributed by atoms with E-state index in [1.54, 1.807) is 0 Å². The third-order valence-corrected chi connectivity index (χ3v) is 16.6. The summed E-state index contributed by atoms with van der Waals surface area (Å²) in [4.78, 5) is 14.6. The van der Waals surface area contributed by atoms with Crippen LogP contribution in [0, 0.1) is 56.7 Å². The average Bonchev–Trinajstić information content (AvgIpc) is 3.06. The van der Waals surface area contributed by atoms with Gasteiger partial charge in [0.2, 0.25) is 6.29 Å². The maximum atomic E-state index is 14.6. The Hall–Kier alpha value is -1.15. The molecular formula is C40H64O11. The standard InChI is InChI=1S/C40H64O11/c1-20(2)32-48-19-36(5)25-12-13-38(7)26(35(25,4)17-23(42)31(36)50-32)10-9-22-30-39(8,47)21(3)11-14-40(30,16-15-37(22,38)6)34(46)51-33-29(45)28(44)27(43)24(18-41)49-33/h9,20-21,23-33,41-45,47H,10-19H2,1-8H3. The van der Waals surface area contributed by atoms with E-state index in [1.165, 1.54) is 0 Å². The molecule has 5 aliphatic carbocycles. The van der Waals surface area contributed by atoms with E-state index in [4.69, 9.17) is 18.9 Å². The van der Waals surface area contributed by atoms with Gasteiger partial charge < -0.3 is 49.6 Å². The van der Waals surface area contributed by atoms with Gasteiger partial charge in [-0.3, -0.25) is 4.79 Å². The lowest BCUT2D eigenvalue weighted by Gasteiger charge is -2.72. The van der Waals surface area contributed by atoms with E-state index in [1.807, 2.05) is 13.8 Å². The lowest BCUT2D eigenvalue weighted by molar-refractivity contribution is -0.344. The second-order valence-electron chi connectivity index (χ2n) is 19.4. The van der Waals surface area contributed by atoms with Crippen molar-refractivity contribution in [1.29, 1.82) is 0 Å². The summed E-state index contributed by atoms with van der Waals surface area (Å²) in [5, 5.41) is 65.6. The molecule has 7 rings (SSSR count). The molecular weight excluding hydrogens is 656 g/mol. The minimum Gasteiger partial charge on any atom is -0.432 e. The van der Waals surface area contributed by atoms with Gasteiger partial charge in [0.25, 0.3) is 0 Å². The lowest BCUT2D eigenvalue weighted by atomic mass is 9.33. The molecule has 11 nitrogen and oxygen atoms in total. The monoisotopic (exact) mass is 720 g/mol. The smallest absolute Gasteiger partial charge is 0.315 e. The van der Waals surface area contributed by atoms with E-state index in [2.05, 4.69) is 47.6 Å². The molecule has 2 aliphatic heterocycles. The number of ether oxygens (including phenoxy) is 4. The van der Waals surface area contributed by atoms with Crippen LogP contribution < -0.4 is 0 Å². The average molecular weight is 721 g/mol. The molecule has 18 unspecified atom stereocenters. The number of aliphatic hydroxyl groups is 6. The number of rotatable bonds is 4. The molecule has 2 heterocycles. The summed E-state index contributed by atoms with van der Waals surface area (Å²) < 4.78 is 24.4. The van der Waals surface area contributed by atoms with Crippen molar-refractivity contribution in [2.24, 2.45) is 56.7 Å². The summed E-state index contributed by atoms with van der Waals surface area (Å²) in [6.45, 7) is 17.4. The number of allylic oxidation sites excluding steroid dienone is 1. The Kier molecular flexibility index (Phi) is 9.30. The molecule has 0 aromatic carbocycles. The van der Waals surface area contributed by atoms with Crippen molar-refractivity contribution in [1.82, 2.24) is 0 Å². The van der Waals surface area contributed by atoms with Crippen LogP contribution in [0.4, 0.5) is 0 Å². The van der Waals surface area contributed by atoms with E-state index in [0.717, 1.165) is 24.8 Å². The zero-order valence-electron chi connectivity index (χ0n) is 31.9. The zero-order valence-corrected chi connectivity index (χ0v) is 31.9. The molecule has 290 valence electrons. The first-order valence-electron chi connectivity index (χ1n) is 19.6. The van der Waals surface area contributed by atoms with Gasteiger partial charge in [0.1, 0.15) is 24.4 Å². The Balaban J connectivity index is 1.24. The third kappa shape index (κ3) is 5.11. The number of hydrogen-bond acceptors (Lipinski definition) is 11. The van der Waals surface area contributed by atoms with Crippen LogP contribution in [0.3, 0.4) is 0 Å². The second-order valence-corrected chi connectivity index (χ2v) is 19.4. The number of esters is 1. The molecule has 0 aromatic rings. The fraction of sp³-hybridized carbons (Fsp3) is 0.925. The van der Waals surface area contributed by atoms with E-state index >= 15 is 0 Å². The summed E-state index contributed by atoms with van der Waals surface area (Å²) in [5.41, 5.74) is -2.31. The normalized spacial score (nSPS) is 56.8. The Morgan fingerprint density at radius 2 is 1.63 bits per heavy atom. The van der Waals surface area contributed by atoms with Gasteiger partial charge in [0.05, 0.1) is 36.4 Å². The van der Waals surface area contributed by atoms with Crippen molar-refractivity contribution in [2.75, 3.05) is 13.2 Å². The molecule has 6 fully saturated rings. The Morgan fingerprint density at radius 1 is 0.922 bits per heavy atom. The number of fused-ring (bicyclic) bond motifs is 9. The van der Waals surface area contributed by atoms with Gasteiger partial charge in [-0.15, -0.1) is 0 Å². The van der Waals surface area contributed by atoms with Crippen LogP contribution in [0.1, 0.15) is 107 Å². The van der Waals surface area contributed by atoms with Crippen LogP contribution in [0.25, 0.3) is 0 Å². The van der Waals surface area contributed by atoms with Gasteiger partial charge in [-0.25, -0.2) is 0 Å². The van der Waals surface area contributed by atoms with Crippen LogP contribution in [-0.4, -0.2) is 105 Å². The molecule has 0 aromatic heterocycles. The van der Waals surface area contributed by atoms with Crippen molar-refractivity contribution in [3.8, 4) is 0 Å². The molecule has 11 heteroatoms. The highest BCUT2D eigenvalue weighted by atomic mass is 16.7. The van der Waals surface area contributed by atoms with E-state index in [-0.39, 0.29) is 57.7 Å². The Bertz CT molecular complexity index is 1400. The van der Waals surface area contributed by atoms with Crippen LogP contribution in [0.5, 0.6) is 0 Å². The van der Waals surface area contributed by atoms with Gasteiger partial charge in [-0.1, -0.05) is 60.1 Å². The maximum Gasteiger partial charge on any atom is 0.315 e. The summed E-state index contributed by atoms with van der Waals surface area (Å²) >= 11 is 0. The first kappa shape index (κ1) is 38.1. The first-order chi connectivity index (χ1) is 23.7. The van der Waals surface area contributed by atoms with Crippen molar-refractivity contribution in [3.05, 3.63) is 11.6 Å². The maximum absolute atomic E-state index is 14.6. The highest BCUT2D eigenvalue weighted by Gasteiger charge is 2.73. The molecule has 0 radical (unpaired) electrons. The van der Waals surface area contributed by atoms with Crippen LogP contribution in [-0.2, 0) is 23.7 Å². The largest absolute Gasteiger partial charge is 0.432 e. The van der Waals surface area contributed by atoms with Gasteiger partial charge in [-0.2, -0.15) is 0 Å². The minimum atomic E-state index is -1.70. The van der Waals surface area contributed by atoms with Crippen molar-refractivity contribution < 1.29 is 54.4 Å². The first-order valence-corrected chi connectivity index (χ1v) is 19.6. The molecule has 0 bridgehead atoms. The second kappa shape index (κ2) is 12.4. The predicted molar refractivity (Wildman–Crippen MR) is 185 cm³/mol. The van der Waals surface area contributed by atoms with Gasteiger partial charge in [0.15, 0.2) is 6.29 Å². The molecule has 2 saturated heterocycles. The number of aliphatic hydroxyl groups excluding tert-OH is 5. The fourth-order valence-corrected chi connectivity index (χ4v) is 13.4. The van der Waals surface area contributed by atoms with Gasteiger partial charge >= 0.3 is 5.97 Å². The molecule has 18 atom stereocenters. The lowest BCUT2D eigenvalue weighted by Crippen LogP contribution is -2.71. The summed E-state index contributed by atoms with van der Waals surface area (Å²) in [6, 6.07) is 0. The summed E-state index contributed by atoms with van der Waals surface area (Å²) in [7, 11) is 0. The van der Waals surface area contributed by atoms with Crippen LogP contribution >= 0.6 is 0 Å². The molecule has 4 saturated carbocycles. The number of carbonyl (C=O) groups is 1. The Labute approximate surface area is 303 Å². The fourth-order valence-electron chi connectivity index (χ4n) is 13.4. The van der Waals surface area contributed by atoms with Gasteiger partial charge in [0, 0.05) is 17.3 Å². The van der Waals surface area contributed by atoms with E-state index < -0.39 is 66.3 Å². The minimum absolute atomic E-state index is 0.0935. The SMILES string of the molecule is CC(C)C1OCC2(C)C(O1)C(O)CC1(C)C2CCC2(C)C1CC=C1C3C(C(=O)OC4OC(CO)C(O)C(O)C4O)(CCC(C)C3(C)O)CCC12C. The summed E-state index contributed by atoms with van der Waals surface area (Å²) in [6.07, 6.45) is -1.02. The number of hydrogen-bond donors (Lipinski definition) is 6. The van der Waals surface area contributed by atoms with Gasteiger partial charge in [-0.05, 0) is 92.3 Å². The van der Waals surface area contributed by atoms with Crippen LogP contribution in [0.15, 0.2) is 11.6 Å². The molecule has 6 N–H and O–H groups in total. The molecule has 0 amide bonds. The molecule has 51 heavy (non-hydrogen) atoms. The van der Waals surface area contributed by atoms with Crippen molar-refractivity contribution in [2.45, 2.75) is 162 Å². The van der Waals surface area contributed by atoms with Crippen LogP contribution in [0.2, 0.25) is 0 Å². The summed E-state index contributed by atoms with van der Waals surface area (Å²) in [5.74, 6) is -0.519. The number of carbonyl (C=O) groups excluding carboxylic acids is 1. The highest BCUT2D eigenvalue weighted by molar-refractivity contribution is 5.79. The Morgan fingerprint density at radius 3 is 2.29 bits per heavy atom. The van der Waals surface area contributed by atoms with E-state index in [9.17, 15) is 35.4 Å². The molecule has 7 aliphatic rings. The quantitative estimate of drug-likeness (QED) is 0.185. The van der Waals surface area contributed by atoms with Crippen molar-refractivity contribution in [3.63, 3.8) is 0 Å².